The van der Waals surface area contributed by atoms with E-state index in [2.05, 4.69) is 31.5 Å². The fourth-order valence-corrected chi connectivity index (χ4v) is 3.25. The summed E-state index contributed by atoms with van der Waals surface area (Å²) < 4.78 is 20.3. The van der Waals surface area contributed by atoms with Gasteiger partial charge in [0.2, 0.25) is 11.8 Å². The number of carbonyl (C=O) groups excluding carboxylic acids is 2. The Morgan fingerprint density at radius 2 is 1.76 bits per heavy atom. The van der Waals surface area contributed by atoms with Crippen molar-refractivity contribution in [3.63, 3.8) is 0 Å². The number of morpholine rings is 1. The molecule has 154 valence electrons. The number of nitrogens with one attached hydrogen (secondary N) is 2. The lowest BCUT2D eigenvalue weighted by Gasteiger charge is -2.26. The highest BCUT2D eigenvalue weighted by Crippen LogP contribution is 2.20. The Labute approximate surface area is 177 Å². The molecule has 1 aliphatic heterocycles. The maximum atomic E-state index is 14.1. The lowest BCUT2D eigenvalue weighted by molar-refractivity contribution is -0.117. The second-order valence-corrected chi connectivity index (χ2v) is 7.71. The van der Waals surface area contributed by atoms with E-state index in [1.165, 1.54) is 18.2 Å². The normalized spacial score (nSPS) is 14.4. The molecule has 0 aromatic heterocycles. The van der Waals surface area contributed by atoms with E-state index < -0.39 is 5.82 Å². The summed E-state index contributed by atoms with van der Waals surface area (Å²) in [5.41, 5.74) is 1.35. The monoisotopic (exact) mass is 463 g/mol. The fourth-order valence-electron chi connectivity index (χ4n) is 2.99. The molecule has 0 unspecified atom stereocenters. The Balaban J connectivity index is 1.53. The maximum Gasteiger partial charge on any atom is 0.228 e. The van der Waals surface area contributed by atoms with Crippen LogP contribution in [0.2, 0.25) is 0 Å². The molecular weight excluding hydrogens is 441 g/mol. The summed E-state index contributed by atoms with van der Waals surface area (Å²) in [5, 5.41) is 5.33. The van der Waals surface area contributed by atoms with Gasteiger partial charge in [0, 0.05) is 36.2 Å². The Bertz CT molecular complexity index is 855. The maximum absolute atomic E-state index is 14.1. The zero-order valence-corrected chi connectivity index (χ0v) is 17.5. The van der Waals surface area contributed by atoms with Gasteiger partial charge in [-0.05, 0) is 35.9 Å². The number of nitrogens with zero attached hydrogens (tertiary/aromatic N) is 1. The quantitative estimate of drug-likeness (QED) is 0.659. The summed E-state index contributed by atoms with van der Waals surface area (Å²) in [4.78, 5) is 26.6. The summed E-state index contributed by atoms with van der Waals surface area (Å²) >= 11 is 3.35. The highest BCUT2D eigenvalue weighted by atomic mass is 79.9. The van der Waals surface area contributed by atoms with Gasteiger partial charge in [0.05, 0.1) is 25.3 Å². The summed E-state index contributed by atoms with van der Waals surface area (Å²) in [5.74, 6) is -1.03. The van der Waals surface area contributed by atoms with E-state index in [1.807, 2.05) is 24.3 Å². The van der Waals surface area contributed by atoms with Crippen LogP contribution < -0.4 is 10.6 Å². The highest BCUT2D eigenvalue weighted by molar-refractivity contribution is 9.10. The number of rotatable bonds is 7. The van der Waals surface area contributed by atoms with Gasteiger partial charge in [-0.1, -0.05) is 28.1 Å². The molecular formula is C21H23BrFN3O3. The number of amides is 2. The number of ether oxygens (including phenoxy) is 1. The SMILES string of the molecule is O=C(Cc1ccc(Br)cc1)Nc1ccc(F)c(NC(=O)CCN2CCOCC2)c1. The molecule has 0 radical (unpaired) electrons. The summed E-state index contributed by atoms with van der Waals surface area (Å²) in [6, 6.07) is 11.6. The third-order valence-electron chi connectivity index (χ3n) is 4.56. The summed E-state index contributed by atoms with van der Waals surface area (Å²) in [6.45, 7) is 3.51. The van der Waals surface area contributed by atoms with Crippen molar-refractivity contribution in [2.75, 3.05) is 43.5 Å². The van der Waals surface area contributed by atoms with E-state index in [-0.39, 0.29) is 30.3 Å². The molecule has 0 bridgehead atoms. The standard InChI is InChI=1S/C21H23BrFN3O3/c22-16-3-1-15(2-4-16)13-21(28)24-17-5-6-18(23)19(14-17)25-20(27)7-8-26-9-11-29-12-10-26/h1-6,14H,7-13H2,(H,24,28)(H,25,27). The van der Waals surface area contributed by atoms with Crippen molar-refractivity contribution in [2.24, 2.45) is 0 Å². The van der Waals surface area contributed by atoms with Crippen LogP contribution in [0, 0.1) is 5.82 Å². The number of halogens is 2. The Kier molecular flexibility index (Phi) is 7.74. The number of hydrogen-bond donors (Lipinski definition) is 2. The van der Waals surface area contributed by atoms with Gasteiger partial charge in [0.1, 0.15) is 5.82 Å². The zero-order chi connectivity index (χ0) is 20.6. The molecule has 3 rings (SSSR count). The van der Waals surface area contributed by atoms with Crippen LogP contribution in [0.4, 0.5) is 15.8 Å². The molecule has 0 spiro atoms. The van der Waals surface area contributed by atoms with Crippen LogP contribution in [0.5, 0.6) is 0 Å². The Morgan fingerprint density at radius 3 is 2.48 bits per heavy atom. The minimum Gasteiger partial charge on any atom is -0.379 e. The largest absolute Gasteiger partial charge is 0.379 e. The first-order valence-corrected chi connectivity index (χ1v) is 10.2. The molecule has 2 aromatic rings. The van der Waals surface area contributed by atoms with Crippen molar-refractivity contribution in [1.29, 1.82) is 0 Å². The van der Waals surface area contributed by atoms with Crippen molar-refractivity contribution in [3.05, 3.63) is 58.3 Å². The third kappa shape index (κ3) is 6.92. The van der Waals surface area contributed by atoms with Crippen LogP contribution in [0.1, 0.15) is 12.0 Å². The average molecular weight is 464 g/mol. The van der Waals surface area contributed by atoms with Gasteiger partial charge >= 0.3 is 0 Å². The lowest BCUT2D eigenvalue weighted by atomic mass is 10.1. The van der Waals surface area contributed by atoms with Crippen molar-refractivity contribution < 1.29 is 18.7 Å². The molecule has 1 heterocycles. The van der Waals surface area contributed by atoms with Crippen molar-refractivity contribution in [1.82, 2.24) is 4.90 Å². The average Bonchev–Trinajstić information content (AvgIpc) is 2.71. The van der Waals surface area contributed by atoms with Crippen LogP contribution in [0.3, 0.4) is 0 Å². The molecule has 2 amide bonds. The van der Waals surface area contributed by atoms with E-state index in [9.17, 15) is 14.0 Å². The van der Waals surface area contributed by atoms with Gasteiger partial charge in [0.15, 0.2) is 0 Å². The van der Waals surface area contributed by atoms with Crippen LogP contribution >= 0.6 is 15.9 Å². The molecule has 6 nitrogen and oxygen atoms in total. The number of anilines is 2. The smallest absolute Gasteiger partial charge is 0.228 e. The molecule has 0 saturated carbocycles. The minimum atomic E-state index is -0.546. The first-order chi connectivity index (χ1) is 14.0. The second kappa shape index (κ2) is 10.5. The molecule has 8 heteroatoms. The summed E-state index contributed by atoms with van der Waals surface area (Å²) in [7, 11) is 0. The molecule has 1 aliphatic rings. The van der Waals surface area contributed by atoms with E-state index in [0.717, 1.165) is 23.1 Å². The molecule has 0 atom stereocenters. The van der Waals surface area contributed by atoms with E-state index in [1.54, 1.807) is 0 Å². The van der Waals surface area contributed by atoms with Gasteiger partial charge < -0.3 is 15.4 Å². The number of benzene rings is 2. The molecule has 1 fully saturated rings. The predicted molar refractivity (Wildman–Crippen MR) is 113 cm³/mol. The van der Waals surface area contributed by atoms with Crippen LogP contribution in [0.25, 0.3) is 0 Å². The summed E-state index contributed by atoms with van der Waals surface area (Å²) in [6.07, 6.45) is 0.464. The van der Waals surface area contributed by atoms with Crippen molar-refractivity contribution >= 4 is 39.1 Å². The first kappa shape index (κ1) is 21.4. The van der Waals surface area contributed by atoms with Gasteiger partial charge in [-0.2, -0.15) is 0 Å². The van der Waals surface area contributed by atoms with Crippen LogP contribution in [-0.4, -0.2) is 49.6 Å². The van der Waals surface area contributed by atoms with Crippen molar-refractivity contribution in [3.8, 4) is 0 Å². The van der Waals surface area contributed by atoms with Gasteiger partial charge in [-0.3, -0.25) is 14.5 Å². The minimum absolute atomic E-state index is 0.0541. The topological polar surface area (TPSA) is 70.7 Å². The fraction of sp³-hybridized carbons (Fsp3) is 0.333. The lowest BCUT2D eigenvalue weighted by Crippen LogP contribution is -2.38. The highest BCUT2D eigenvalue weighted by Gasteiger charge is 2.14. The molecule has 1 saturated heterocycles. The second-order valence-electron chi connectivity index (χ2n) is 6.80. The van der Waals surface area contributed by atoms with Crippen molar-refractivity contribution in [2.45, 2.75) is 12.8 Å². The first-order valence-electron chi connectivity index (χ1n) is 9.43. The van der Waals surface area contributed by atoms with Gasteiger partial charge in [-0.25, -0.2) is 4.39 Å². The molecule has 2 N–H and O–H groups in total. The third-order valence-corrected chi connectivity index (χ3v) is 5.09. The van der Waals surface area contributed by atoms with E-state index in [4.69, 9.17) is 4.74 Å². The zero-order valence-electron chi connectivity index (χ0n) is 15.9. The molecule has 29 heavy (non-hydrogen) atoms. The van der Waals surface area contributed by atoms with E-state index >= 15 is 0 Å². The van der Waals surface area contributed by atoms with Crippen LogP contribution in [-0.2, 0) is 20.7 Å². The van der Waals surface area contributed by atoms with Gasteiger partial charge in [0.25, 0.3) is 0 Å². The van der Waals surface area contributed by atoms with Crippen LogP contribution in [0.15, 0.2) is 46.9 Å². The Morgan fingerprint density at radius 1 is 1.03 bits per heavy atom. The number of carbonyl (C=O) groups is 2. The van der Waals surface area contributed by atoms with E-state index in [0.29, 0.717) is 25.4 Å². The molecule has 0 aliphatic carbocycles. The van der Waals surface area contributed by atoms with Gasteiger partial charge in [-0.15, -0.1) is 0 Å². The molecule has 2 aromatic carbocycles. The predicted octanol–water partition coefficient (Wildman–Crippen LogP) is 3.43. The Hall–Kier alpha value is -2.29. The number of hydrogen-bond acceptors (Lipinski definition) is 4.